The van der Waals surface area contributed by atoms with E-state index in [9.17, 15) is 0 Å². The van der Waals surface area contributed by atoms with E-state index in [4.69, 9.17) is 0 Å². The Hall–Kier alpha value is -0.750. The van der Waals surface area contributed by atoms with Gasteiger partial charge in [-0.3, -0.25) is 0 Å². The number of aromatic nitrogens is 3. The molecule has 0 radical (unpaired) electrons. The normalized spacial score (nSPS) is 17.9. The third-order valence-electron chi connectivity index (χ3n) is 2.65. The number of rotatable bonds is 1. The van der Waals surface area contributed by atoms with E-state index in [1.807, 2.05) is 29.4 Å². The first-order valence-corrected chi connectivity index (χ1v) is 7.45. The minimum Gasteiger partial charge on any atom is -0.346 e. The molecule has 0 amide bonds. The van der Waals surface area contributed by atoms with Crippen LogP contribution in [0, 0.1) is 6.92 Å². The molecule has 2 aromatic rings. The van der Waals surface area contributed by atoms with Gasteiger partial charge in [-0.1, -0.05) is 11.3 Å². The Balaban J connectivity index is 1.89. The Bertz CT molecular complexity index is 450. The predicted octanol–water partition coefficient (Wildman–Crippen LogP) is 2.04. The summed E-state index contributed by atoms with van der Waals surface area (Å²) in [5, 5.41) is 5.70. The van der Waals surface area contributed by atoms with Gasteiger partial charge in [0.2, 0.25) is 10.1 Å². The number of aryl methyl sites for hydroxylation is 1. The smallest absolute Gasteiger partial charge is 0.214 e. The van der Waals surface area contributed by atoms with Crippen LogP contribution >= 0.6 is 23.1 Å². The van der Waals surface area contributed by atoms with Crippen LogP contribution in [0.3, 0.4) is 0 Å². The molecule has 16 heavy (non-hydrogen) atoms. The highest BCUT2D eigenvalue weighted by molar-refractivity contribution is 7.99. The van der Waals surface area contributed by atoms with Crippen LogP contribution in [0.5, 0.6) is 0 Å². The molecule has 0 atom stereocenters. The number of imidazole rings is 1. The van der Waals surface area contributed by atoms with Crippen LogP contribution in [0.4, 0.5) is 5.13 Å². The van der Waals surface area contributed by atoms with Crippen LogP contribution in [0.1, 0.15) is 12.1 Å². The van der Waals surface area contributed by atoms with Crippen LogP contribution < -0.4 is 4.90 Å². The fourth-order valence-electron chi connectivity index (χ4n) is 1.86. The highest BCUT2D eigenvalue weighted by atomic mass is 32.2. The molecule has 0 aromatic carbocycles. The van der Waals surface area contributed by atoms with Gasteiger partial charge >= 0.3 is 0 Å². The molecule has 4 nitrogen and oxygen atoms in total. The maximum Gasteiger partial charge on any atom is 0.214 e. The number of nitrogens with zero attached hydrogens (tertiary/aromatic N) is 4. The summed E-state index contributed by atoms with van der Waals surface area (Å²) in [6.07, 6.45) is 3.24. The zero-order chi connectivity index (χ0) is 11.0. The van der Waals surface area contributed by atoms with Crippen molar-refractivity contribution in [1.82, 2.24) is 14.6 Å². The maximum absolute atomic E-state index is 4.59. The van der Waals surface area contributed by atoms with Crippen LogP contribution in [0.2, 0.25) is 0 Å². The summed E-state index contributed by atoms with van der Waals surface area (Å²) >= 11 is 3.73. The Morgan fingerprint density at radius 3 is 3.12 bits per heavy atom. The van der Waals surface area contributed by atoms with Crippen molar-refractivity contribution < 1.29 is 0 Å². The SMILES string of the molecule is Cc1cn2nc(N3CCCSCC3)sc2n1. The van der Waals surface area contributed by atoms with Crippen LogP contribution in [-0.4, -0.2) is 39.2 Å². The van der Waals surface area contributed by atoms with Crippen molar-refractivity contribution in [3.63, 3.8) is 0 Å². The second-order valence-corrected chi connectivity index (χ2v) is 6.11. The maximum atomic E-state index is 4.59. The first-order chi connectivity index (χ1) is 7.83. The molecule has 1 fully saturated rings. The lowest BCUT2D eigenvalue weighted by molar-refractivity contribution is 0.794. The minimum absolute atomic E-state index is 1.00. The third kappa shape index (κ3) is 1.91. The highest BCUT2D eigenvalue weighted by Crippen LogP contribution is 2.25. The van der Waals surface area contributed by atoms with Gasteiger partial charge in [0.25, 0.3) is 0 Å². The van der Waals surface area contributed by atoms with Gasteiger partial charge in [-0.2, -0.15) is 11.8 Å². The Kier molecular flexibility index (Phi) is 2.77. The molecule has 3 heterocycles. The van der Waals surface area contributed by atoms with Gasteiger partial charge in [0.15, 0.2) is 0 Å². The zero-order valence-electron chi connectivity index (χ0n) is 9.22. The molecule has 0 aliphatic carbocycles. The van der Waals surface area contributed by atoms with Crippen LogP contribution in [0.25, 0.3) is 4.96 Å². The highest BCUT2D eigenvalue weighted by Gasteiger charge is 2.15. The summed E-state index contributed by atoms with van der Waals surface area (Å²) < 4.78 is 1.90. The van der Waals surface area contributed by atoms with E-state index in [0.717, 1.165) is 28.9 Å². The average Bonchev–Trinajstić information content (AvgIpc) is 2.65. The van der Waals surface area contributed by atoms with Gasteiger partial charge in [-0.15, -0.1) is 5.10 Å². The van der Waals surface area contributed by atoms with Gasteiger partial charge in [-0.05, 0) is 19.1 Å². The lowest BCUT2D eigenvalue weighted by Gasteiger charge is -2.17. The number of fused-ring (bicyclic) bond motifs is 1. The van der Waals surface area contributed by atoms with Crippen molar-refractivity contribution in [2.75, 3.05) is 29.5 Å². The second kappa shape index (κ2) is 4.25. The number of hydrogen-bond acceptors (Lipinski definition) is 5. The van der Waals surface area contributed by atoms with Crippen molar-refractivity contribution in [2.45, 2.75) is 13.3 Å². The lowest BCUT2D eigenvalue weighted by Crippen LogP contribution is -2.25. The summed E-state index contributed by atoms with van der Waals surface area (Å²) in [5.74, 6) is 2.49. The molecule has 0 saturated carbocycles. The molecule has 6 heteroatoms. The molecular formula is C10H14N4S2. The molecular weight excluding hydrogens is 240 g/mol. The Morgan fingerprint density at radius 2 is 2.25 bits per heavy atom. The van der Waals surface area contributed by atoms with Gasteiger partial charge < -0.3 is 4.90 Å². The molecule has 0 spiro atoms. The standard InChI is InChI=1S/C10H14N4S2/c1-8-7-14-9(11-8)16-10(12-14)13-3-2-5-15-6-4-13/h7H,2-6H2,1H3. The van der Waals surface area contributed by atoms with Crippen molar-refractivity contribution >= 4 is 33.2 Å². The fourth-order valence-corrected chi connectivity index (χ4v) is 3.73. The van der Waals surface area contributed by atoms with E-state index in [1.54, 1.807) is 11.3 Å². The monoisotopic (exact) mass is 254 g/mol. The molecule has 1 aliphatic heterocycles. The van der Waals surface area contributed by atoms with Crippen molar-refractivity contribution in [1.29, 1.82) is 0 Å². The van der Waals surface area contributed by atoms with E-state index in [1.165, 1.54) is 17.9 Å². The second-order valence-electron chi connectivity index (χ2n) is 3.95. The van der Waals surface area contributed by atoms with Gasteiger partial charge in [0.05, 0.1) is 11.9 Å². The molecule has 86 valence electrons. The molecule has 3 rings (SSSR count). The Labute approximate surface area is 103 Å². The Morgan fingerprint density at radius 1 is 1.31 bits per heavy atom. The summed E-state index contributed by atoms with van der Waals surface area (Å²) in [4.78, 5) is 7.83. The largest absolute Gasteiger partial charge is 0.346 e. The summed E-state index contributed by atoms with van der Waals surface area (Å²) in [7, 11) is 0. The third-order valence-corrected chi connectivity index (χ3v) is 4.68. The first kappa shape index (κ1) is 10.4. The van der Waals surface area contributed by atoms with E-state index < -0.39 is 0 Å². The zero-order valence-corrected chi connectivity index (χ0v) is 10.9. The summed E-state index contributed by atoms with van der Waals surface area (Å²) in [6, 6.07) is 0. The van der Waals surface area contributed by atoms with Crippen molar-refractivity contribution in [2.24, 2.45) is 0 Å². The molecule has 1 aliphatic rings. The first-order valence-electron chi connectivity index (χ1n) is 5.48. The van der Waals surface area contributed by atoms with E-state index >= 15 is 0 Å². The predicted molar refractivity (Wildman–Crippen MR) is 69.8 cm³/mol. The molecule has 0 bridgehead atoms. The fraction of sp³-hybridized carbons (Fsp3) is 0.600. The number of anilines is 1. The van der Waals surface area contributed by atoms with E-state index in [2.05, 4.69) is 15.0 Å². The molecule has 1 saturated heterocycles. The summed E-state index contributed by atoms with van der Waals surface area (Å²) in [6.45, 7) is 4.24. The minimum atomic E-state index is 1.00. The number of hydrogen-bond donors (Lipinski definition) is 0. The molecule has 0 N–H and O–H groups in total. The molecule has 0 unspecified atom stereocenters. The van der Waals surface area contributed by atoms with Gasteiger partial charge in [-0.25, -0.2) is 9.50 Å². The molecule has 2 aromatic heterocycles. The van der Waals surface area contributed by atoms with Crippen LogP contribution in [0.15, 0.2) is 6.20 Å². The van der Waals surface area contributed by atoms with Gasteiger partial charge in [0, 0.05) is 18.8 Å². The van der Waals surface area contributed by atoms with E-state index in [-0.39, 0.29) is 0 Å². The van der Waals surface area contributed by atoms with Gasteiger partial charge in [0.1, 0.15) is 0 Å². The average molecular weight is 254 g/mol. The van der Waals surface area contributed by atoms with Crippen molar-refractivity contribution in [3.8, 4) is 0 Å². The lowest BCUT2D eigenvalue weighted by atomic mass is 10.4. The number of thioether (sulfide) groups is 1. The van der Waals surface area contributed by atoms with Crippen molar-refractivity contribution in [3.05, 3.63) is 11.9 Å². The summed E-state index contributed by atoms with van der Waals surface area (Å²) in [5.41, 5.74) is 1.04. The van der Waals surface area contributed by atoms with Crippen LogP contribution in [-0.2, 0) is 0 Å². The topological polar surface area (TPSA) is 33.4 Å². The van der Waals surface area contributed by atoms with E-state index in [0.29, 0.717) is 0 Å². The quantitative estimate of drug-likeness (QED) is 0.780.